The molecule has 1 N–H and O–H groups in total. The van der Waals surface area contributed by atoms with Crippen LogP contribution in [0.2, 0.25) is 5.02 Å². The second-order valence-corrected chi connectivity index (χ2v) is 5.31. The lowest BCUT2D eigenvalue weighted by molar-refractivity contribution is 0.195. The van der Waals surface area contributed by atoms with E-state index in [9.17, 15) is 5.11 Å². The van der Waals surface area contributed by atoms with E-state index in [1.165, 1.54) is 24.9 Å². The molecule has 1 fully saturated rings. The Labute approximate surface area is 108 Å². The molecule has 1 aliphatic heterocycles. The summed E-state index contributed by atoms with van der Waals surface area (Å²) in [6, 6.07) is 6.01. The van der Waals surface area contributed by atoms with Crippen molar-refractivity contribution in [3.8, 4) is 0 Å². The summed E-state index contributed by atoms with van der Waals surface area (Å²) in [5.41, 5.74) is 2.41. The molecule has 2 rings (SSSR count). The lowest BCUT2D eigenvalue weighted by atomic mass is 10.0. The zero-order valence-corrected chi connectivity index (χ0v) is 11.1. The smallest absolute Gasteiger partial charge is 0.0553 e. The SMILES string of the molecule is CC(O)Cc1cc(Cl)ccc1N1CCCCC1. The maximum absolute atomic E-state index is 9.56. The van der Waals surface area contributed by atoms with Crippen LogP contribution in [0.25, 0.3) is 0 Å². The lowest BCUT2D eigenvalue weighted by Gasteiger charge is -2.31. The molecule has 1 atom stereocenters. The molecule has 1 aliphatic rings. The maximum Gasteiger partial charge on any atom is 0.0553 e. The Hall–Kier alpha value is -0.730. The Morgan fingerprint density at radius 3 is 2.65 bits per heavy atom. The Bertz CT molecular complexity index is 372. The normalized spacial score (nSPS) is 18.2. The van der Waals surface area contributed by atoms with Crippen LogP contribution in [0.5, 0.6) is 0 Å². The average molecular weight is 254 g/mol. The maximum atomic E-state index is 9.56. The van der Waals surface area contributed by atoms with Gasteiger partial charge in [0.2, 0.25) is 0 Å². The van der Waals surface area contributed by atoms with Gasteiger partial charge < -0.3 is 10.0 Å². The average Bonchev–Trinajstić information content (AvgIpc) is 2.29. The minimum atomic E-state index is -0.322. The van der Waals surface area contributed by atoms with Crippen molar-refractivity contribution in [3.05, 3.63) is 28.8 Å². The van der Waals surface area contributed by atoms with Gasteiger partial charge in [-0.2, -0.15) is 0 Å². The van der Waals surface area contributed by atoms with Gasteiger partial charge in [-0.3, -0.25) is 0 Å². The minimum absolute atomic E-state index is 0.322. The van der Waals surface area contributed by atoms with Crippen molar-refractivity contribution in [2.45, 2.75) is 38.7 Å². The summed E-state index contributed by atoms with van der Waals surface area (Å²) in [6.07, 6.45) is 4.20. The number of hydrogen-bond donors (Lipinski definition) is 1. The highest BCUT2D eigenvalue weighted by Gasteiger charge is 2.15. The molecule has 0 amide bonds. The first-order valence-electron chi connectivity index (χ1n) is 6.38. The third-order valence-corrected chi connectivity index (χ3v) is 3.49. The van der Waals surface area contributed by atoms with Crippen LogP contribution in [0.4, 0.5) is 5.69 Å². The number of halogens is 1. The van der Waals surface area contributed by atoms with E-state index in [1.54, 1.807) is 0 Å². The number of rotatable bonds is 3. The number of benzene rings is 1. The zero-order chi connectivity index (χ0) is 12.3. The molecule has 1 unspecified atom stereocenters. The monoisotopic (exact) mass is 253 g/mol. The molecule has 1 aromatic carbocycles. The van der Waals surface area contributed by atoms with E-state index >= 15 is 0 Å². The Kier molecular flexibility index (Phi) is 4.30. The number of hydrogen-bond acceptors (Lipinski definition) is 2. The van der Waals surface area contributed by atoms with E-state index in [-0.39, 0.29) is 6.10 Å². The molecule has 0 aliphatic carbocycles. The van der Waals surface area contributed by atoms with E-state index in [1.807, 2.05) is 19.1 Å². The van der Waals surface area contributed by atoms with Gasteiger partial charge in [0.15, 0.2) is 0 Å². The molecule has 0 aromatic heterocycles. The van der Waals surface area contributed by atoms with Crippen molar-refractivity contribution in [1.29, 1.82) is 0 Å². The van der Waals surface area contributed by atoms with Crippen molar-refractivity contribution in [2.24, 2.45) is 0 Å². The van der Waals surface area contributed by atoms with Gasteiger partial charge in [0.25, 0.3) is 0 Å². The van der Waals surface area contributed by atoms with Crippen LogP contribution in [0.1, 0.15) is 31.7 Å². The molecule has 1 saturated heterocycles. The summed E-state index contributed by atoms with van der Waals surface area (Å²) in [5, 5.41) is 10.3. The van der Waals surface area contributed by atoms with E-state index in [0.29, 0.717) is 6.42 Å². The molecule has 94 valence electrons. The minimum Gasteiger partial charge on any atom is -0.393 e. The summed E-state index contributed by atoms with van der Waals surface area (Å²) in [4.78, 5) is 2.41. The Morgan fingerprint density at radius 1 is 1.29 bits per heavy atom. The second-order valence-electron chi connectivity index (χ2n) is 4.87. The fraction of sp³-hybridized carbons (Fsp3) is 0.571. The van der Waals surface area contributed by atoms with Gasteiger partial charge in [-0.25, -0.2) is 0 Å². The fourth-order valence-electron chi connectivity index (χ4n) is 2.48. The first-order chi connectivity index (χ1) is 8.16. The fourth-order valence-corrected chi connectivity index (χ4v) is 2.67. The summed E-state index contributed by atoms with van der Waals surface area (Å²) < 4.78 is 0. The van der Waals surface area contributed by atoms with Crippen LogP contribution in [-0.4, -0.2) is 24.3 Å². The molecular weight excluding hydrogens is 234 g/mol. The van der Waals surface area contributed by atoms with E-state index in [4.69, 9.17) is 11.6 Å². The first-order valence-corrected chi connectivity index (χ1v) is 6.76. The van der Waals surface area contributed by atoms with Crippen LogP contribution in [0.15, 0.2) is 18.2 Å². The summed E-state index contributed by atoms with van der Waals surface area (Å²) in [6.45, 7) is 4.06. The van der Waals surface area contributed by atoms with E-state index in [2.05, 4.69) is 11.0 Å². The van der Waals surface area contributed by atoms with Crippen molar-refractivity contribution >= 4 is 17.3 Å². The van der Waals surface area contributed by atoms with Gasteiger partial charge in [-0.1, -0.05) is 11.6 Å². The van der Waals surface area contributed by atoms with Crippen molar-refractivity contribution in [3.63, 3.8) is 0 Å². The second kappa shape index (κ2) is 5.74. The summed E-state index contributed by atoms with van der Waals surface area (Å²) >= 11 is 6.04. The number of aliphatic hydroxyl groups excluding tert-OH is 1. The van der Waals surface area contributed by atoms with E-state index < -0.39 is 0 Å². The van der Waals surface area contributed by atoms with Crippen LogP contribution in [-0.2, 0) is 6.42 Å². The molecule has 1 aromatic rings. The molecule has 1 heterocycles. The van der Waals surface area contributed by atoms with E-state index in [0.717, 1.165) is 23.7 Å². The van der Waals surface area contributed by atoms with Crippen LogP contribution in [0, 0.1) is 0 Å². The lowest BCUT2D eigenvalue weighted by Crippen LogP contribution is -2.30. The van der Waals surface area contributed by atoms with Crippen LogP contribution in [0.3, 0.4) is 0 Å². The standard InChI is InChI=1S/C14H20ClNO/c1-11(17)9-12-10-13(15)5-6-14(12)16-7-3-2-4-8-16/h5-6,10-11,17H,2-4,7-9H2,1H3. The van der Waals surface area contributed by atoms with Crippen molar-refractivity contribution < 1.29 is 5.11 Å². The molecule has 0 spiro atoms. The third kappa shape index (κ3) is 3.36. The predicted octanol–water partition coefficient (Wildman–Crippen LogP) is 3.25. The largest absolute Gasteiger partial charge is 0.393 e. The molecule has 0 bridgehead atoms. The topological polar surface area (TPSA) is 23.5 Å². The number of aliphatic hydroxyl groups is 1. The molecule has 0 radical (unpaired) electrons. The third-order valence-electron chi connectivity index (χ3n) is 3.25. The van der Waals surface area contributed by atoms with Gasteiger partial charge in [0.05, 0.1) is 6.10 Å². The quantitative estimate of drug-likeness (QED) is 0.894. The molecule has 0 saturated carbocycles. The number of anilines is 1. The van der Waals surface area contributed by atoms with Gasteiger partial charge in [0.1, 0.15) is 0 Å². The van der Waals surface area contributed by atoms with Gasteiger partial charge >= 0.3 is 0 Å². The first kappa shape index (κ1) is 12.7. The van der Waals surface area contributed by atoms with Crippen LogP contribution >= 0.6 is 11.6 Å². The van der Waals surface area contributed by atoms with Crippen molar-refractivity contribution in [1.82, 2.24) is 0 Å². The molecule has 17 heavy (non-hydrogen) atoms. The molecule has 2 nitrogen and oxygen atoms in total. The summed E-state index contributed by atoms with van der Waals surface area (Å²) in [5.74, 6) is 0. The highest BCUT2D eigenvalue weighted by Crippen LogP contribution is 2.28. The number of piperidine rings is 1. The van der Waals surface area contributed by atoms with Gasteiger partial charge in [0, 0.05) is 30.2 Å². The molecular formula is C14H20ClNO. The van der Waals surface area contributed by atoms with Gasteiger partial charge in [-0.05, 0) is 49.9 Å². The van der Waals surface area contributed by atoms with Gasteiger partial charge in [-0.15, -0.1) is 0 Å². The summed E-state index contributed by atoms with van der Waals surface area (Å²) in [7, 11) is 0. The van der Waals surface area contributed by atoms with Crippen molar-refractivity contribution in [2.75, 3.05) is 18.0 Å². The highest BCUT2D eigenvalue weighted by atomic mass is 35.5. The molecule has 3 heteroatoms. The Balaban J connectivity index is 2.24. The zero-order valence-electron chi connectivity index (χ0n) is 10.3. The predicted molar refractivity (Wildman–Crippen MR) is 72.9 cm³/mol. The Morgan fingerprint density at radius 2 is 2.00 bits per heavy atom. The van der Waals surface area contributed by atoms with Crippen LogP contribution < -0.4 is 4.90 Å². The highest BCUT2D eigenvalue weighted by molar-refractivity contribution is 6.30. The number of nitrogens with zero attached hydrogens (tertiary/aromatic N) is 1.